The summed E-state index contributed by atoms with van der Waals surface area (Å²) in [7, 11) is 0. The van der Waals surface area contributed by atoms with Gasteiger partial charge in [-0.25, -0.2) is 0 Å². The highest BCUT2D eigenvalue weighted by atomic mass is 16.8. The van der Waals surface area contributed by atoms with E-state index in [2.05, 4.69) is 0 Å². The van der Waals surface area contributed by atoms with E-state index in [1.807, 2.05) is 0 Å². The van der Waals surface area contributed by atoms with Crippen LogP contribution >= 0.6 is 0 Å². The molecule has 3 nitrogen and oxygen atoms in total. The lowest BCUT2D eigenvalue weighted by molar-refractivity contribution is -0.315. The lowest BCUT2D eigenvalue weighted by Gasteiger charge is -2.31. The van der Waals surface area contributed by atoms with Crippen LogP contribution in [-0.4, -0.2) is 19.9 Å². The first-order valence-electron chi connectivity index (χ1n) is 5.78. The zero-order valence-electron chi connectivity index (χ0n) is 8.74. The zero-order chi connectivity index (χ0) is 9.64. The molecule has 2 rings (SSSR count). The molecule has 82 valence electrons. The molecule has 1 saturated carbocycles. The molecular weight excluding hydrogens is 180 g/mol. The molecule has 0 spiro atoms. The number of ether oxygens (including phenoxy) is 3. The van der Waals surface area contributed by atoms with Gasteiger partial charge in [-0.3, -0.25) is 0 Å². The van der Waals surface area contributed by atoms with Crippen LogP contribution in [0.5, 0.6) is 0 Å². The third kappa shape index (κ3) is 2.94. The molecule has 1 aliphatic heterocycles. The van der Waals surface area contributed by atoms with Crippen LogP contribution in [0.1, 0.15) is 44.9 Å². The van der Waals surface area contributed by atoms with Gasteiger partial charge in [-0.2, -0.15) is 0 Å². The van der Waals surface area contributed by atoms with Crippen LogP contribution in [-0.2, 0) is 14.2 Å². The Labute approximate surface area is 85.7 Å². The highest BCUT2D eigenvalue weighted by Crippen LogP contribution is 2.27. The van der Waals surface area contributed by atoms with E-state index >= 15 is 0 Å². The Kier molecular flexibility index (Phi) is 4.22. The summed E-state index contributed by atoms with van der Waals surface area (Å²) in [5.41, 5.74) is 0. The van der Waals surface area contributed by atoms with Gasteiger partial charge in [0.2, 0.25) is 0 Å². The van der Waals surface area contributed by atoms with Crippen molar-refractivity contribution in [2.45, 2.75) is 51.2 Å². The van der Waals surface area contributed by atoms with Gasteiger partial charge in [-0.05, 0) is 12.8 Å². The van der Waals surface area contributed by atoms with Gasteiger partial charge in [0.25, 0.3) is 0 Å². The van der Waals surface area contributed by atoms with Crippen LogP contribution in [0.2, 0.25) is 0 Å². The van der Waals surface area contributed by atoms with Gasteiger partial charge in [-0.15, -0.1) is 0 Å². The summed E-state index contributed by atoms with van der Waals surface area (Å²) in [6.45, 7) is 0.808. The van der Waals surface area contributed by atoms with Gasteiger partial charge >= 0.3 is 0 Å². The normalized spacial score (nSPS) is 28.3. The standard InChI is InChI=1S/C11H20O3/c1-2-4-6-10(7-5-3-1)11-13-8-12-9-14-11/h10-11H,1-9H2. The fourth-order valence-electron chi connectivity index (χ4n) is 2.34. The van der Waals surface area contributed by atoms with Crippen molar-refractivity contribution in [3.05, 3.63) is 0 Å². The van der Waals surface area contributed by atoms with Crippen molar-refractivity contribution in [2.24, 2.45) is 5.92 Å². The molecule has 3 heteroatoms. The molecule has 14 heavy (non-hydrogen) atoms. The van der Waals surface area contributed by atoms with Crippen molar-refractivity contribution in [2.75, 3.05) is 13.6 Å². The van der Waals surface area contributed by atoms with Crippen LogP contribution in [0.4, 0.5) is 0 Å². The highest BCUT2D eigenvalue weighted by molar-refractivity contribution is 4.67. The smallest absolute Gasteiger partial charge is 0.166 e. The second kappa shape index (κ2) is 5.69. The van der Waals surface area contributed by atoms with E-state index in [0.717, 1.165) is 0 Å². The van der Waals surface area contributed by atoms with E-state index in [4.69, 9.17) is 14.2 Å². The van der Waals surface area contributed by atoms with Gasteiger partial charge in [-0.1, -0.05) is 32.1 Å². The quantitative estimate of drug-likeness (QED) is 0.651. The largest absolute Gasteiger partial charge is 0.329 e. The van der Waals surface area contributed by atoms with Crippen LogP contribution in [0.3, 0.4) is 0 Å². The Morgan fingerprint density at radius 2 is 1.29 bits per heavy atom. The van der Waals surface area contributed by atoms with Crippen molar-refractivity contribution in [1.82, 2.24) is 0 Å². The van der Waals surface area contributed by atoms with Crippen LogP contribution < -0.4 is 0 Å². The minimum atomic E-state index is 0.00171. The maximum atomic E-state index is 5.47. The van der Waals surface area contributed by atoms with E-state index in [0.29, 0.717) is 19.5 Å². The number of rotatable bonds is 1. The maximum absolute atomic E-state index is 5.47. The zero-order valence-corrected chi connectivity index (χ0v) is 8.74. The Balaban J connectivity index is 1.80. The molecule has 0 aromatic heterocycles. The molecule has 0 radical (unpaired) electrons. The summed E-state index contributed by atoms with van der Waals surface area (Å²) in [6, 6.07) is 0. The average molecular weight is 200 g/mol. The molecule has 0 amide bonds. The SMILES string of the molecule is C1CCCC(C2OCOCO2)CCC1. The third-order valence-electron chi connectivity index (χ3n) is 3.17. The second-order valence-corrected chi connectivity index (χ2v) is 4.25. The Hall–Kier alpha value is -0.120. The summed E-state index contributed by atoms with van der Waals surface area (Å²) in [4.78, 5) is 0. The minimum absolute atomic E-state index is 0.00171. The van der Waals surface area contributed by atoms with Crippen LogP contribution in [0.15, 0.2) is 0 Å². The lowest BCUT2D eigenvalue weighted by Crippen LogP contribution is -2.33. The predicted octanol–water partition coefficient (Wildman–Crippen LogP) is 2.65. The van der Waals surface area contributed by atoms with E-state index < -0.39 is 0 Å². The van der Waals surface area contributed by atoms with Gasteiger partial charge < -0.3 is 14.2 Å². The molecule has 0 bridgehead atoms. The van der Waals surface area contributed by atoms with Gasteiger partial charge in [0.05, 0.1) is 0 Å². The Morgan fingerprint density at radius 1 is 0.714 bits per heavy atom. The highest BCUT2D eigenvalue weighted by Gasteiger charge is 2.25. The van der Waals surface area contributed by atoms with E-state index in [1.54, 1.807) is 0 Å². The molecular formula is C11H20O3. The van der Waals surface area contributed by atoms with Crippen molar-refractivity contribution in [3.63, 3.8) is 0 Å². The van der Waals surface area contributed by atoms with Crippen molar-refractivity contribution in [3.8, 4) is 0 Å². The molecule has 0 unspecified atom stereocenters. The molecule has 1 saturated heterocycles. The summed E-state index contributed by atoms with van der Waals surface area (Å²) in [6.07, 6.45) is 9.32. The Bertz CT molecular complexity index is 147. The first kappa shape index (κ1) is 10.4. The van der Waals surface area contributed by atoms with Crippen molar-refractivity contribution < 1.29 is 14.2 Å². The number of hydrogen-bond donors (Lipinski definition) is 0. The summed E-state index contributed by atoms with van der Waals surface area (Å²) in [5.74, 6) is 0.596. The summed E-state index contributed by atoms with van der Waals surface area (Å²) < 4.78 is 15.9. The van der Waals surface area contributed by atoms with Crippen molar-refractivity contribution in [1.29, 1.82) is 0 Å². The lowest BCUT2D eigenvalue weighted by atomic mass is 9.90. The summed E-state index contributed by atoms with van der Waals surface area (Å²) in [5, 5.41) is 0. The van der Waals surface area contributed by atoms with Gasteiger partial charge in [0.15, 0.2) is 19.9 Å². The molecule has 0 N–H and O–H groups in total. The molecule has 1 heterocycles. The Morgan fingerprint density at radius 3 is 1.93 bits per heavy atom. The third-order valence-corrected chi connectivity index (χ3v) is 3.17. The van der Waals surface area contributed by atoms with Crippen molar-refractivity contribution >= 4 is 0 Å². The maximum Gasteiger partial charge on any atom is 0.166 e. The monoisotopic (exact) mass is 200 g/mol. The fraction of sp³-hybridized carbons (Fsp3) is 1.00. The van der Waals surface area contributed by atoms with E-state index in [9.17, 15) is 0 Å². The first-order valence-corrected chi connectivity index (χ1v) is 5.78. The summed E-state index contributed by atoms with van der Waals surface area (Å²) >= 11 is 0. The first-order chi connectivity index (χ1) is 6.97. The van der Waals surface area contributed by atoms with Gasteiger partial charge in [0, 0.05) is 5.92 Å². The predicted molar refractivity (Wildman–Crippen MR) is 52.6 cm³/mol. The average Bonchev–Trinajstić information content (AvgIpc) is 2.18. The molecule has 1 aliphatic carbocycles. The molecule has 0 atom stereocenters. The van der Waals surface area contributed by atoms with Crippen LogP contribution in [0.25, 0.3) is 0 Å². The van der Waals surface area contributed by atoms with Gasteiger partial charge in [0.1, 0.15) is 0 Å². The topological polar surface area (TPSA) is 27.7 Å². The molecule has 2 fully saturated rings. The number of hydrogen-bond acceptors (Lipinski definition) is 3. The second-order valence-electron chi connectivity index (χ2n) is 4.25. The molecule has 0 aromatic carbocycles. The van der Waals surface area contributed by atoms with Crippen LogP contribution in [0, 0.1) is 5.92 Å². The molecule has 0 aromatic rings. The molecule has 2 aliphatic rings. The minimum Gasteiger partial charge on any atom is -0.329 e. The fourth-order valence-corrected chi connectivity index (χ4v) is 2.34. The van der Waals surface area contributed by atoms with E-state index in [1.165, 1.54) is 44.9 Å². The van der Waals surface area contributed by atoms with E-state index in [-0.39, 0.29) is 6.29 Å².